The highest BCUT2D eigenvalue weighted by molar-refractivity contribution is 9.10. The van der Waals surface area contributed by atoms with Crippen molar-refractivity contribution in [3.63, 3.8) is 0 Å². The Hall–Kier alpha value is -0.380. The van der Waals surface area contributed by atoms with E-state index < -0.39 is 6.50 Å². The van der Waals surface area contributed by atoms with Gasteiger partial charge >= 0.3 is 0 Å². The minimum Gasteiger partial charge on any atom is -0.314 e. The van der Waals surface area contributed by atoms with Gasteiger partial charge in [0.15, 0.2) is 0 Å². The number of nitrogens with zero attached hydrogens (tertiary/aromatic N) is 1. The molecular formula is C11H15BrN2. The summed E-state index contributed by atoms with van der Waals surface area (Å²) < 4.78 is 17.3. The van der Waals surface area contributed by atoms with Gasteiger partial charge in [0.1, 0.15) is 0 Å². The summed E-state index contributed by atoms with van der Waals surface area (Å²) in [5.41, 5.74) is 0.705. The standard InChI is InChI=1S/C11H15BrN2/c12-11-4-2-1-3-10(11)9-14-7-5-13-6-8-14/h1-4,13H,5-9H2/i9D2. The summed E-state index contributed by atoms with van der Waals surface area (Å²) in [6, 6.07) is 7.50. The van der Waals surface area contributed by atoms with Crippen LogP contribution in [-0.2, 0) is 6.50 Å². The summed E-state index contributed by atoms with van der Waals surface area (Å²) >= 11 is 3.42. The second-order valence-corrected chi connectivity index (χ2v) is 4.18. The molecule has 2 nitrogen and oxygen atoms in total. The SMILES string of the molecule is [2H]C([2H])(c1ccccc1Br)N1CCNCC1. The highest BCUT2D eigenvalue weighted by atomic mass is 79.9. The molecule has 0 unspecified atom stereocenters. The fourth-order valence-electron chi connectivity index (χ4n) is 1.50. The molecule has 14 heavy (non-hydrogen) atoms. The summed E-state index contributed by atoms with van der Waals surface area (Å²) in [7, 11) is 0. The lowest BCUT2D eigenvalue weighted by Gasteiger charge is -2.27. The number of halogens is 1. The lowest BCUT2D eigenvalue weighted by molar-refractivity contribution is 0.233. The summed E-state index contributed by atoms with van der Waals surface area (Å²) in [4.78, 5) is 1.88. The number of benzene rings is 1. The maximum absolute atomic E-state index is 8.24. The van der Waals surface area contributed by atoms with Crippen LogP contribution in [0.5, 0.6) is 0 Å². The van der Waals surface area contributed by atoms with Gasteiger partial charge in [-0.15, -0.1) is 0 Å². The van der Waals surface area contributed by atoms with Crippen molar-refractivity contribution >= 4 is 15.9 Å². The molecule has 1 aliphatic rings. The molecule has 0 spiro atoms. The van der Waals surface area contributed by atoms with Crippen molar-refractivity contribution in [2.24, 2.45) is 0 Å². The summed E-state index contributed by atoms with van der Waals surface area (Å²) in [6.07, 6.45) is 0. The Morgan fingerprint density at radius 3 is 2.79 bits per heavy atom. The minimum atomic E-state index is -1.40. The van der Waals surface area contributed by atoms with E-state index in [-0.39, 0.29) is 0 Å². The molecule has 0 aliphatic carbocycles. The second-order valence-electron chi connectivity index (χ2n) is 3.33. The van der Waals surface area contributed by atoms with E-state index in [1.165, 1.54) is 0 Å². The fraction of sp³-hybridized carbons (Fsp3) is 0.455. The third-order valence-corrected chi connectivity index (χ3v) is 2.96. The fourth-order valence-corrected chi connectivity index (χ4v) is 1.87. The van der Waals surface area contributed by atoms with Gasteiger partial charge in [-0.25, -0.2) is 0 Å². The minimum absolute atomic E-state index is 0.705. The molecule has 1 saturated heterocycles. The molecule has 0 bridgehead atoms. The number of nitrogens with one attached hydrogen (secondary N) is 1. The van der Waals surface area contributed by atoms with Crippen LogP contribution >= 0.6 is 15.9 Å². The molecule has 76 valence electrons. The zero-order valence-electron chi connectivity index (χ0n) is 9.96. The Bertz CT molecular complexity index is 365. The Morgan fingerprint density at radius 1 is 1.36 bits per heavy atom. The van der Waals surface area contributed by atoms with Crippen molar-refractivity contribution in [1.82, 2.24) is 10.2 Å². The first-order chi connectivity index (χ1) is 7.62. The van der Waals surface area contributed by atoms with Gasteiger partial charge in [0.2, 0.25) is 0 Å². The lowest BCUT2D eigenvalue weighted by atomic mass is 10.2. The summed E-state index contributed by atoms with van der Waals surface area (Å²) in [6.45, 7) is 1.79. The Kier molecular flexibility index (Phi) is 2.76. The molecule has 1 aliphatic heterocycles. The molecule has 0 aromatic heterocycles. The van der Waals surface area contributed by atoms with Crippen LogP contribution in [0.1, 0.15) is 8.30 Å². The van der Waals surface area contributed by atoms with E-state index in [2.05, 4.69) is 21.2 Å². The van der Waals surface area contributed by atoms with Crippen LogP contribution in [0.25, 0.3) is 0 Å². The van der Waals surface area contributed by atoms with Crippen molar-refractivity contribution in [2.75, 3.05) is 26.2 Å². The number of hydrogen-bond donors (Lipinski definition) is 1. The highest BCUT2D eigenvalue weighted by Crippen LogP contribution is 2.17. The third-order valence-electron chi connectivity index (χ3n) is 2.27. The Balaban J connectivity index is 2.26. The molecule has 2 rings (SSSR count). The van der Waals surface area contributed by atoms with E-state index in [0.717, 1.165) is 30.7 Å². The van der Waals surface area contributed by atoms with Gasteiger partial charge in [-0.05, 0) is 11.6 Å². The van der Waals surface area contributed by atoms with E-state index in [1.54, 1.807) is 0 Å². The van der Waals surface area contributed by atoms with Crippen LogP contribution in [0.3, 0.4) is 0 Å². The molecule has 1 N–H and O–H groups in total. The maximum Gasteiger partial charge on any atom is 0.0482 e. The van der Waals surface area contributed by atoms with Gasteiger partial charge in [0.25, 0.3) is 0 Å². The van der Waals surface area contributed by atoms with Crippen molar-refractivity contribution < 1.29 is 2.74 Å². The first-order valence-electron chi connectivity index (χ1n) is 5.83. The first kappa shape index (κ1) is 7.85. The van der Waals surface area contributed by atoms with Crippen LogP contribution in [0.2, 0.25) is 0 Å². The van der Waals surface area contributed by atoms with Crippen molar-refractivity contribution in [3.05, 3.63) is 34.3 Å². The zero-order chi connectivity index (χ0) is 11.6. The van der Waals surface area contributed by atoms with Crippen LogP contribution in [0, 0.1) is 0 Å². The monoisotopic (exact) mass is 256 g/mol. The predicted molar refractivity (Wildman–Crippen MR) is 62.3 cm³/mol. The van der Waals surface area contributed by atoms with Crippen LogP contribution in [-0.4, -0.2) is 31.1 Å². The van der Waals surface area contributed by atoms with Gasteiger partial charge in [-0.3, -0.25) is 4.90 Å². The molecule has 1 heterocycles. The van der Waals surface area contributed by atoms with E-state index in [0.29, 0.717) is 5.56 Å². The number of rotatable bonds is 2. The summed E-state index contributed by atoms with van der Waals surface area (Å²) in [5, 5.41) is 3.23. The smallest absolute Gasteiger partial charge is 0.0482 e. The predicted octanol–water partition coefficient (Wildman–Crippen LogP) is 1.85. The normalized spacial score (nSPS) is 21.5. The summed E-state index contributed by atoms with van der Waals surface area (Å²) in [5.74, 6) is 0. The van der Waals surface area contributed by atoms with Crippen LogP contribution in [0.4, 0.5) is 0 Å². The molecule has 0 radical (unpaired) electrons. The van der Waals surface area contributed by atoms with Crippen molar-refractivity contribution in [3.8, 4) is 0 Å². The lowest BCUT2D eigenvalue weighted by Crippen LogP contribution is -2.42. The molecule has 1 aromatic carbocycles. The zero-order valence-corrected chi connectivity index (χ0v) is 9.55. The van der Waals surface area contributed by atoms with Gasteiger partial charge in [-0.1, -0.05) is 34.1 Å². The van der Waals surface area contributed by atoms with Crippen LogP contribution in [0.15, 0.2) is 28.7 Å². The largest absolute Gasteiger partial charge is 0.314 e. The van der Waals surface area contributed by atoms with Crippen molar-refractivity contribution in [1.29, 1.82) is 0 Å². The molecule has 1 aromatic rings. The quantitative estimate of drug-likeness (QED) is 0.869. The van der Waals surface area contributed by atoms with E-state index in [1.807, 2.05) is 29.2 Å². The second kappa shape index (κ2) is 4.91. The van der Waals surface area contributed by atoms with Crippen molar-refractivity contribution in [2.45, 2.75) is 6.50 Å². The highest BCUT2D eigenvalue weighted by Gasteiger charge is 2.10. The molecule has 3 heteroatoms. The molecule has 1 fully saturated rings. The molecule has 0 amide bonds. The van der Waals surface area contributed by atoms with E-state index >= 15 is 0 Å². The van der Waals surface area contributed by atoms with Gasteiger partial charge < -0.3 is 5.32 Å². The maximum atomic E-state index is 8.24. The Labute approximate surface area is 96.2 Å². The van der Waals surface area contributed by atoms with Gasteiger partial charge in [0, 0.05) is 39.9 Å². The van der Waals surface area contributed by atoms with E-state index in [9.17, 15) is 0 Å². The third kappa shape index (κ3) is 2.56. The first-order valence-corrected chi connectivity index (χ1v) is 5.62. The molecule has 0 atom stereocenters. The van der Waals surface area contributed by atoms with Gasteiger partial charge in [-0.2, -0.15) is 0 Å². The molecule has 0 saturated carbocycles. The average Bonchev–Trinajstić information content (AvgIpc) is 2.30. The Morgan fingerprint density at radius 2 is 2.07 bits per heavy atom. The number of piperazine rings is 1. The number of hydrogen-bond acceptors (Lipinski definition) is 2. The van der Waals surface area contributed by atoms with Gasteiger partial charge in [0.05, 0.1) is 0 Å². The topological polar surface area (TPSA) is 15.3 Å². The van der Waals surface area contributed by atoms with Crippen LogP contribution < -0.4 is 5.32 Å². The average molecular weight is 257 g/mol. The van der Waals surface area contributed by atoms with E-state index in [4.69, 9.17) is 2.74 Å². The molecular weight excluding hydrogens is 240 g/mol.